The van der Waals surface area contributed by atoms with Crippen LogP contribution in [-0.4, -0.2) is 11.1 Å². The molecule has 0 spiro atoms. The van der Waals surface area contributed by atoms with Gasteiger partial charge in [0.05, 0.1) is 0 Å². The van der Waals surface area contributed by atoms with Gasteiger partial charge in [-0.05, 0) is 0 Å². The number of carboxylic acid groups (broad SMARTS) is 1. The van der Waals surface area contributed by atoms with E-state index in [1.165, 1.54) is 0 Å². The Morgan fingerprint density at radius 1 is 1.86 bits per heavy atom. The Morgan fingerprint density at radius 2 is 1.86 bits per heavy atom. The normalized spacial score (nSPS) is 6.14. The first-order chi connectivity index (χ1) is 3.15. The van der Waals surface area contributed by atoms with Crippen molar-refractivity contribution in [1.29, 1.82) is 0 Å². The second kappa shape index (κ2) is 9.08. The molecule has 0 saturated heterocycles. The lowest BCUT2D eigenvalue weighted by molar-refractivity contribution is -0.134. The van der Waals surface area contributed by atoms with Gasteiger partial charge in [-0.3, -0.25) is 4.79 Å². The summed E-state index contributed by atoms with van der Waals surface area (Å²) in [6, 6.07) is 0. The van der Waals surface area contributed by atoms with E-state index in [0.717, 1.165) is 13.3 Å². The summed E-state index contributed by atoms with van der Waals surface area (Å²) in [4.78, 5) is 9.00. The fourth-order valence-electron chi connectivity index (χ4n) is 0. The van der Waals surface area contributed by atoms with E-state index in [9.17, 15) is 0 Å². The smallest absolute Gasteiger partial charge is 0.300 e. The predicted octanol–water partition coefficient (Wildman–Crippen LogP) is 1.32. The van der Waals surface area contributed by atoms with Crippen LogP contribution in [0.2, 0.25) is 0 Å². The standard InChI is InChI=1S/C3H7.C2H4O2/c1-3-2;1-2(3)4/h1,3H2,2H3;1H3,(H,3,4). The number of carbonyl (C=O) groups is 1. The number of rotatable bonds is 0. The van der Waals surface area contributed by atoms with E-state index in [-0.39, 0.29) is 0 Å². The van der Waals surface area contributed by atoms with E-state index in [0.29, 0.717) is 0 Å². The third kappa shape index (κ3) is 234. The molecule has 0 saturated carbocycles. The van der Waals surface area contributed by atoms with Gasteiger partial charge in [0, 0.05) is 6.92 Å². The van der Waals surface area contributed by atoms with Crippen LogP contribution in [0.1, 0.15) is 20.3 Å². The predicted molar refractivity (Wildman–Crippen MR) is 29.0 cm³/mol. The van der Waals surface area contributed by atoms with Crippen molar-refractivity contribution in [3.63, 3.8) is 0 Å². The number of hydrogen-bond acceptors (Lipinski definition) is 1. The van der Waals surface area contributed by atoms with E-state index >= 15 is 0 Å². The average Bonchev–Trinajstić information content (AvgIpc) is 1.33. The van der Waals surface area contributed by atoms with Gasteiger partial charge in [0.25, 0.3) is 5.97 Å². The molecule has 7 heavy (non-hydrogen) atoms. The highest BCUT2D eigenvalue weighted by molar-refractivity contribution is 5.62. The van der Waals surface area contributed by atoms with Crippen LogP contribution in [0.3, 0.4) is 0 Å². The molecule has 0 amide bonds. The van der Waals surface area contributed by atoms with Crippen molar-refractivity contribution in [1.82, 2.24) is 0 Å². The molecule has 0 bridgehead atoms. The summed E-state index contributed by atoms with van der Waals surface area (Å²) in [5.41, 5.74) is 0. The van der Waals surface area contributed by atoms with E-state index in [1.807, 2.05) is 6.92 Å². The molecule has 0 atom stereocenters. The molecule has 2 nitrogen and oxygen atoms in total. The zero-order chi connectivity index (χ0) is 6.28. The summed E-state index contributed by atoms with van der Waals surface area (Å²) in [7, 11) is 0. The molecule has 1 N–H and O–H groups in total. The lowest BCUT2D eigenvalue weighted by Gasteiger charge is -1.59. The minimum Gasteiger partial charge on any atom is -0.481 e. The maximum atomic E-state index is 9.00. The van der Waals surface area contributed by atoms with Crippen LogP contribution in [0.15, 0.2) is 0 Å². The Labute approximate surface area is 44.2 Å². The molecule has 0 aromatic carbocycles. The molecular weight excluding hydrogens is 92.1 g/mol. The Hall–Kier alpha value is -0.530. The first-order valence-corrected chi connectivity index (χ1v) is 2.13. The van der Waals surface area contributed by atoms with E-state index in [1.54, 1.807) is 0 Å². The summed E-state index contributed by atoms with van der Waals surface area (Å²) in [6.45, 7) is 6.58. The zero-order valence-electron chi connectivity index (χ0n) is 4.77. The summed E-state index contributed by atoms with van der Waals surface area (Å²) >= 11 is 0. The van der Waals surface area contributed by atoms with Crippen LogP contribution in [0.5, 0.6) is 0 Å². The third-order valence-electron chi connectivity index (χ3n) is 0. The molecule has 0 aliphatic heterocycles. The minimum absolute atomic E-state index is 0.833. The average molecular weight is 103 g/mol. The van der Waals surface area contributed by atoms with Crippen LogP contribution < -0.4 is 0 Å². The fourth-order valence-corrected chi connectivity index (χ4v) is 0. The van der Waals surface area contributed by atoms with Gasteiger partial charge in [0.1, 0.15) is 0 Å². The monoisotopic (exact) mass is 103 g/mol. The SMILES string of the molecule is CC(=O)O.[CH2]CC. The molecule has 1 radical (unpaired) electrons. The first kappa shape index (κ1) is 9.69. The second-order valence-corrected chi connectivity index (χ2v) is 1.02. The lowest BCUT2D eigenvalue weighted by atomic mass is 10.6. The summed E-state index contributed by atoms with van der Waals surface area (Å²) in [5.74, 6) is -0.833. The Morgan fingerprint density at radius 3 is 1.86 bits per heavy atom. The summed E-state index contributed by atoms with van der Waals surface area (Å²) in [5, 5.41) is 7.42. The highest BCUT2D eigenvalue weighted by Gasteiger charge is 1.65. The number of aliphatic carboxylic acids is 1. The minimum atomic E-state index is -0.833. The topological polar surface area (TPSA) is 37.3 Å². The molecular formula is C5H11O2. The lowest BCUT2D eigenvalue weighted by Crippen LogP contribution is -1.78. The van der Waals surface area contributed by atoms with Crippen LogP contribution >= 0.6 is 0 Å². The maximum Gasteiger partial charge on any atom is 0.300 e. The maximum absolute atomic E-state index is 9.00. The molecule has 0 rings (SSSR count). The van der Waals surface area contributed by atoms with Gasteiger partial charge in [0.15, 0.2) is 0 Å². The van der Waals surface area contributed by atoms with Crippen molar-refractivity contribution in [2.24, 2.45) is 0 Å². The molecule has 0 aromatic heterocycles. The third-order valence-corrected chi connectivity index (χ3v) is 0. The summed E-state index contributed by atoms with van der Waals surface area (Å²) in [6.07, 6.45) is 1.00. The number of carboxylic acids is 1. The van der Waals surface area contributed by atoms with Crippen molar-refractivity contribution in [2.45, 2.75) is 20.3 Å². The van der Waals surface area contributed by atoms with Crippen molar-refractivity contribution in [3.05, 3.63) is 6.92 Å². The molecule has 0 aliphatic carbocycles. The Balaban J connectivity index is 0. The van der Waals surface area contributed by atoms with Gasteiger partial charge < -0.3 is 5.11 Å². The van der Waals surface area contributed by atoms with Gasteiger partial charge in [-0.1, -0.05) is 20.3 Å². The highest BCUT2D eigenvalue weighted by Crippen LogP contribution is 1.54. The molecule has 2 heteroatoms. The largest absolute Gasteiger partial charge is 0.481 e. The molecule has 0 heterocycles. The second-order valence-electron chi connectivity index (χ2n) is 1.02. The van der Waals surface area contributed by atoms with Gasteiger partial charge in [0.2, 0.25) is 0 Å². The van der Waals surface area contributed by atoms with E-state index in [4.69, 9.17) is 9.90 Å². The van der Waals surface area contributed by atoms with Gasteiger partial charge in [-0.15, -0.1) is 0 Å². The van der Waals surface area contributed by atoms with Crippen LogP contribution in [0, 0.1) is 6.92 Å². The van der Waals surface area contributed by atoms with Crippen LogP contribution in [0.4, 0.5) is 0 Å². The van der Waals surface area contributed by atoms with E-state index < -0.39 is 5.97 Å². The molecule has 0 aliphatic rings. The molecule has 43 valence electrons. The van der Waals surface area contributed by atoms with Gasteiger partial charge in [-0.2, -0.15) is 0 Å². The fraction of sp³-hybridized carbons (Fsp3) is 0.600. The van der Waals surface area contributed by atoms with Crippen molar-refractivity contribution < 1.29 is 9.90 Å². The van der Waals surface area contributed by atoms with Crippen LogP contribution in [0.25, 0.3) is 0 Å². The van der Waals surface area contributed by atoms with Gasteiger partial charge in [-0.25, -0.2) is 0 Å². The quantitative estimate of drug-likeness (QED) is 0.502. The summed E-state index contributed by atoms with van der Waals surface area (Å²) < 4.78 is 0. The van der Waals surface area contributed by atoms with Crippen molar-refractivity contribution >= 4 is 5.97 Å². The number of hydrogen-bond donors (Lipinski definition) is 1. The zero-order valence-corrected chi connectivity index (χ0v) is 4.77. The highest BCUT2D eigenvalue weighted by atomic mass is 16.4. The first-order valence-electron chi connectivity index (χ1n) is 2.13. The van der Waals surface area contributed by atoms with Crippen molar-refractivity contribution in [3.8, 4) is 0 Å². The van der Waals surface area contributed by atoms with Crippen molar-refractivity contribution in [2.75, 3.05) is 0 Å². The Kier molecular flexibility index (Phi) is 12.6. The van der Waals surface area contributed by atoms with E-state index in [2.05, 4.69) is 6.92 Å². The van der Waals surface area contributed by atoms with Crippen LogP contribution in [-0.2, 0) is 4.79 Å². The molecule has 0 aromatic rings. The Bertz CT molecular complexity index is 37.3. The molecule has 0 unspecified atom stereocenters. The van der Waals surface area contributed by atoms with Gasteiger partial charge >= 0.3 is 0 Å². The molecule has 0 fully saturated rings.